The minimum absolute atomic E-state index is 0.164. The molecule has 0 amide bonds. The van der Waals surface area contributed by atoms with E-state index in [2.05, 4.69) is 0 Å². The molecule has 7 heteroatoms. The number of ether oxygens (including phenoxy) is 2. The lowest BCUT2D eigenvalue weighted by atomic mass is 9.92. The molecule has 0 unspecified atom stereocenters. The Balaban J connectivity index is 2.95. The number of esters is 2. The van der Waals surface area contributed by atoms with Gasteiger partial charge in [-0.2, -0.15) is 5.26 Å². The first kappa shape index (κ1) is 18.0. The Hall–Kier alpha value is -2.07. The molecule has 2 N–H and O–H groups in total. The smallest absolute Gasteiger partial charge is 0.348 e. The van der Waals surface area contributed by atoms with Gasteiger partial charge in [-0.25, -0.2) is 4.79 Å². The molecule has 0 saturated carbocycles. The Morgan fingerprint density at radius 1 is 1.32 bits per heavy atom. The Bertz CT molecular complexity index is 608. The number of hydrogen-bond acceptors (Lipinski definition) is 7. The Morgan fingerprint density at radius 2 is 1.95 bits per heavy atom. The predicted molar refractivity (Wildman–Crippen MR) is 83.3 cm³/mol. The standard InChI is InChI=1S/C15H20N2O4S/c1-5-20-14(19)12-10(9(7-16)13(17)22-12)8-21-11(18)6-15(2,3)4/h5-6,8,17H2,1-4H3. The Labute approximate surface area is 133 Å². The maximum atomic E-state index is 11.9. The van der Waals surface area contributed by atoms with E-state index in [9.17, 15) is 9.59 Å². The third-order valence-electron chi connectivity index (χ3n) is 2.66. The maximum Gasteiger partial charge on any atom is 0.348 e. The van der Waals surface area contributed by atoms with Crippen LogP contribution in [0.25, 0.3) is 0 Å². The van der Waals surface area contributed by atoms with Crippen LogP contribution in [0.3, 0.4) is 0 Å². The fraction of sp³-hybridized carbons (Fsp3) is 0.533. The van der Waals surface area contributed by atoms with E-state index < -0.39 is 11.9 Å². The van der Waals surface area contributed by atoms with E-state index in [0.717, 1.165) is 11.3 Å². The summed E-state index contributed by atoms with van der Waals surface area (Å²) < 4.78 is 10.1. The summed E-state index contributed by atoms with van der Waals surface area (Å²) in [7, 11) is 0. The van der Waals surface area contributed by atoms with Crippen molar-refractivity contribution in [2.75, 3.05) is 12.3 Å². The monoisotopic (exact) mass is 324 g/mol. The molecule has 0 aliphatic heterocycles. The van der Waals surface area contributed by atoms with E-state index >= 15 is 0 Å². The van der Waals surface area contributed by atoms with E-state index in [4.69, 9.17) is 20.5 Å². The molecule has 1 rings (SSSR count). The van der Waals surface area contributed by atoms with Crippen LogP contribution in [0.5, 0.6) is 0 Å². The average molecular weight is 324 g/mol. The molecule has 0 aliphatic rings. The van der Waals surface area contributed by atoms with E-state index in [1.54, 1.807) is 6.92 Å². The fourth-order valence-corrected chi connectivity index (χ4v) is 2.66. The number of carbonyl (C=O) groups excluding carboxylic acids is 2. The highest BCUT2D eigenvalue weighted by molar-refractivity contribution is 7.18. The molecule has 0 radical (unpaired) electrons. The quantitative estimate of drug-likeness (QED) is 0.835. The van der Waals surface area contributed by atoms with Gasteiger partial charge in [0.15, 0.2) is 0 Å². The van der Waals surface area contributed by atoms with E-state index in [0.29, 0.717) is 5.56 Å². The summed E-state index contributed by atoms with van der Waals surface area (Å²) in [4.78, 5) is 23.9. The molecule has 0 saturated heterocycles. The Morgan fingerprint density at radius 3 is 2.45 bits per heavy atom. The van der Waals surface area contributed by atoms with Gasteiger partial charge in [-0.15, -0.1) is 11.3 Å². The number of hydrogen-bond donors (Lipinski definition) is 1. The number of anilines is 1. The molecule has 0 atom stereocenters. The first-order valence-corrected chi connectivity index (χ1v) is 7.65. The van der Waals surface area contributed by atoms with Crippen molar-refractivity contribution in [1.29, 1.82) is 5.26 Å². The third-order valence-corrected chi connectivity index (χ3v) is 3.70. The maximum absolute atomic E-state index is 11.9. The highest BCUT2D eigenvalue weighted by Crippen LogP contribution is 2.32. The zero-order chi connectivity index (χ0) is 16.9. The molecule has 0 aliphatic carbocycles. The van der Waals surface area contributed by atoms with Crippen LogP contribution in [0.2, 0.25) is 0 Å². The SMILES string of the molecule is CCOC(=O)c1sc(N)c(C#N)c1COC(=O)CC(C)(C)C. The summed E-state index contributed by atoms with van der Waals surface area (Å²) in [6, 6.07) is 1.94. The number of nitrogens with zero attached hydrogens (tertiary/aromatic N) is 1. The van der Waals surface area contributed by atoms with Crippen molar-refractivity contribution < 1.29 is 19.1 Å². The van der Waals surface area contributed by atoms with Crippen molar-refractivity contribution in [3.05, 3.63) is 16.0 Å². The van der Waals surface area contributed by atoms with Gasteiger partial charge in [0.25, 0.3) is 0 Å². The lowest BCUT2D eigenvalue weighted by Crippen LogP contribution is -2.16. The summed E-state index contributed by atoms with van der Waals surface area (Å²) >= 11 is 0.968. The first-order valence-electron chi connectivity index (χ1n) is 6.83. The van der Waals surface area contributed by atoms with Crippen LogP contribution in [0, 0.1) is 16.7 Å². The number of thiophene rings is 1. The molecule has 0 fully saturated rings. The van der Waals surface area contributed by atoms with Crippen LogP contribution in [-0.4, -0.2) is 18.5 Å². The van der Waals surface area contributed by atoms with Crippen LogP contribution in [0.4, 0.5) is 5.00 Å². The van der Waals surface area contributed by atoms with E-state index in [1.165, 1.54) is 0 Å². The lowest BCUT2D eigenvalue weighted by molar-refractivity contribution is -0.147. The molecule has 1 aromatic rings. The zero-order valence-electron chi connectivity index (χ0n) is 13.2. The van der Waals surface area contributed by atoms with Crippen LogP contribution < -0.4 is 5.73 Å². The van der Waals surface area contributed by atoms with Crippen LogP contribution in [-0.2, 0) is 20.9 Å². The molecule has 1 heterocycles. The topological polar surface area (TPSA) is 102 Å². The van der Waals surface area contributed by atoms with Crippen molar-refractivity contribution in [3.63, 3.8) is 0 Å². The molecule has 22 heavy (non-hydrogen) atoms. The second-order valence-electron chi connectivity index (χ2n) is 5.88. The number of nitriles is 1. The zero-order valence-corrected chi connectivity index (χ0v) is 14.0. The predicted octanol–water partition coefficient (Wildman–Crippen LogP) is 2.86. The van der Waals surface area contributed by atoms with Gasteiger partial charge in [-0.05, 0) is 12.3 Å². The molecule has 0 bridgehead atoms. The van der Waals surface area contributed by atoms with Gasteiger partial charge in [-0.1, -0.05) is 20.8 Å². The summed E-state index contributed by atoms with van der Waals surface area (Å²) in [6.07, 6.45) is 0.239. The summed E-state index contributed by atoms with van der Waals surface area (Å²) in [5.41, 5.74) is 6.02. The van der Waals surface area contributed by atoms with Crippen molar-refractivity contribution in [2.45, 2.75) is 40.7 Å². The largest absolute Gasteiger partial charge is 0.462 e. The van der Waals surface area contributed by atoms with Crippen molar-refractivity contribution in [1.82, 2.24) is 0 Å². The number of rotatable bonds is 5. The second-order valence-corrected chi connectivity index (χ2v) is 6.93. The first-order chi connectivity index (χ1) is 10.2. The minimum atomic E-state index is -0.567. The second kappa shape index (κ2) is 7.27. The van der Waals surface area contributed by atoms with Gasteiger partial charge >= 0.3 is 11.9 Å². The van der Waals surface area contributed by atoms with Gasteiger partial charge in [0.05, 0.1) is 18.6 Å². The van der Waals surface area contributed by atoms with Gasteiger partial charge in [0.2, 0.25) is 0 Å². The average Bonchev–Trinajstić information content (AvgIpc) is 2.70. The van der Waals surface area contributed by atoms with Crippen LogP contribution in [0.1, 0.15) is 54.9 Å². The van der Waals surface area contributed by atoms with Crippen LogP contribution in [0.15, 0.2) is 0 Å². The van der Waals surface area contributed by atoms with Gasteiger partial charge < -0.3 is 15.2 Å². The lowest BCUT2D eigenvalue weighted by Gasteiger charge is -2.16. The van der Waals surface area contributed by atoms with Crippen molar-refractivity contribution in [2.24, 2.45) is 5.41 Å². The molecular weight excluding hydrogens is 304 g/mol. The highest BCUT2D eigenvalue weighted by atomic mass is 32.1. The third kappa shape index (κ3) is 4.74. The van der Waals surface area contributed by atoms with Gasteiger partial charge in [-0.3, -0.25) is 4.79 Å². The Kier molecular flexibility index (Phi) is 5.94. The van der Waals surface area contributed by atoms with Gasteiger partial charge in [0.1, 0.15) is 22.6 Å². The summed E-state index contributed by atoms with van der Waals surface area (Å²) in [5.74, 6) is -0.960. The summed E-state index contributed by atoms with van der Waals surface area (Å²) in [6.45, 7) is 7.48. The van der Waals surface area contributed by atoms with Crippen LogP contribution >= 0.6 is 11.3 Å². The molecule has 0 aromatic carbocycles. The molecule has 0 spiro atoms. The normalized spacial score (nSPS) is 10.9. The minimum Gasteiger partial charge on any atom is -0.462 e. The molecule has 120 valence electrons. The molecular formula is C15H20N2O4S. The highest BCUT2D eigenvalue weighted by Gasteiger charge is 2.24. The number of nitrogens with two attached hydrogens (primary N) is 1. The van der Waals surface area contributed by atoms with Crippen molar-refractivity contribution >= 4 is 28.3 Å². The van der Waals surface area contributed by atoms with E-state index in [-0.39, 0.29) is 40.5 Å². The fourth-order valence-electron chi connectivity index (χ4n) is 1.74. The van der Waals surface area contributed by atoms with E-state index in [1.807, 2.05) is 26.8 Å². The summed E-state index contributed by atoms with van der Waals surface area (Å²) in [5, 5.41) is 9.38. The molecule has 6 nitrogen and oxygen atoms in total. The molecule has 1 aromatic heterocycles. The van der Waals surface area contributed by atoms with Crippen molar-refractivity contribution in [3.8, 4) is 6.07 Å². The number of carbonyl (C=O) groups is 2. The van der Waals surface area contributed by atoms with Gasteiger partial charge in [0, 0.05) is 5.56 Å². The number of nitrogen functional groups attached to an aromatic ring is 1.